The molecular formula is C11H15N3O2. The molecule has 1 N–H and O–H groups in total. The molecule has 0 bridgehead atoms. The molecule has 5 heteroatoms. The summed E-state index contributed by atoms with van der Waals surface area (Å²) in [5.41, 5.74) is 2.09. The van der Waals surface area contributed by atoms with Crippen molar-refractivity contribution in [3.63, 3.8) is 0 Å². The Bertz CT molecular complexity index is 436. The summed E-state index contributed by atoms with van der Waals surface area (Å²) in [6.07, 6.45) is 3.82. The quantitative estimate of drug-likeness (QED) is 0.825. The molecule has 0 radical (unpaired) electrons. The SMILES string of the molecule is Cc1cc(C)n(C2C=CN(CC(=O)O)C2)n1. The monoisotopic (exact) mass is 221 g/mol. The summed E-state index contributed by atoms with van der Waals surface area (Å²) in [5, 5.41) is 13.1. The van der Waals surface area contributed by atoms with E-state index in [9.17, 15) is 4.79 Å². The molecule has 1 unspecified atom stereocenters. The van der Waals surface area contributed by atoms with E-state index in [0.717, 1.165) is 11.4 Å². The average Bonchev–Trinajstić information content (AvgIpc) is 2.72. The predicted octanol–water partition coefficient (Wildman–Crippen LogP) is 0.955. The third-order valence-electron chi connectivity index (χ3n) is 2.64. The van der Waals surface area contributed by atoms with Gasteiger partial charge in [-0.3, -0.25) is 9.48 Å². The van der Waals surface area contributed by atoms with E-state index < -0.39 is 5.97 Å². The lowest BCUT2D eigenvalue weighted by Gasteiger charge is -2.16. The van der Waals surface area contributed by atoms with Crippen LogP contribution >= 0.6 is 0 Å². The Morgan fingerprint density at radius 2 is 2.38 bits per heavy atom. The van der Waals surface area contributed by atoms with Crippen molar-refractivity contribution in [1.82, 2.24) is 14.7 Å². The van der Waals surface area contributed by atoms with E-state index in [4.69, 9.17) is 5.11 Å². The second-order valence-corrected chi connectivity index (χ2v) is 4.10. The van der Waals surface area contributed by atoms with Crippen molar-refractivity contribution in [3.05, 3.63) is 29.7 Å². The Kier molecular flexibility index (Phi) is 2.68. The van der Waals surface area contributed by atoms with Gasteiger partial charge >= 0.3 is 5.97 Å². The molecule has 0 aliphatic carbocycles. The average molecular weight is 221 g/mol. The van der Waals surface area contributed by atoms with E-state index in [1.807, 2.05) is 36.9 Å². The fourth-order valence-corrected chi connectivity index (χ4v) is 2.01. The summed E-state index contributed by atoms with van der Waals surface area (Å²) in [6, 6.07) is 2.17. The summed E-state index contributed by atoms with van der Waals surface area (Å²) < 4.78 is 1.94. The molecule has 0 saturated carbocycles. The molecule has 5 nitrogen and oxygen atoms in total. The summed E-state index contributed by atoms with van der Waals surface area (Å²) in [6.45, 7) is 4.69. The molecule has 1 aromatic rings. The van der Waals surface area contributed by atoms with Crippen molar-refractivity contribution in [2.24, 2.45) is 0 Å². The zero-order valence-electron chi connectivity index (χ0n) is 9.42. The molecular weight excluding hydrogens is 206 g/mol. The summed E-state index contributed by atoms with van der Waals surface area (Å²) in [7, 11) is 0. The topological polar surface area (TPSA) is 58.4 Å². The zero-order valence-corrected chi connectivity index (χ0v) is 9.42. The Morgan fingerprint density at radius 3 is 2.94 bits per heavy atom. The van der Waals surface area contributed by atoms with Crippen LogP contribution in [0.15, 0.2) is 18.3 Å². The highest BCUT2D eigenvalue weighted by atomic mass is 16.4. The second-order valence-electron chi connectivity index (χ2n) is 4.10. The summed E-state index contributed by atoms with van der Waals surface area (Å²) >= 11 is 0. The molecule has 16 heavy (non-hydrogen) atoms. The number of nitrogens with zero attached hydrogens (tertiary/aromatic N) is 3. The maximum Gasteiger partial charge on any atom is 0.323 e. The number of aliphatic carboxylic acids is 1. The van der Waals surface area contributed by atoms with Crippen LogP contribution in [0.2, 0.25) is 0 Å². The highest BCUT2D eigenvalue weighted by Gasteiger charge is 2.20. The van der Waals surface area contributed by atoms with E-state index in [-0.39, 0.29) is 12.6 Å². The van der Waals surface area contributed by atoms with Crippen molar-refractivity contribution in [2.75, 3.05) is 13.1 Å². The molecule has 0 aromatic carbocycles. The molecule has 0 fully saturated rings. The van der Waals surface area contributed by atoms with Gasteiger partial charge in [0, 0.05) is 12.2 Å². The van der Waals surface area contributed by atoms with Crippen LogP contribution in [0.4, 0.5) is 0 Å². The lowest BCUT2D eigenvalue weighted by molar-refractivity contribution is -0.137. The van der Waals surface area contributed by atoms with Crippen molar-refractivity contribution in [2.45, 2.75) is 19.9 Å². The largest absolute Gasteiger partial charge is 0.480 e. The van der Waals surface area contributed by atoms with Gasteiger partial charge in [0.05, 0.1) is 11.7 Å². The van der Waals surface area contributed by atoms with Crippen LogP contribution in [0, 0.1) is 13.8 Å². The molecule has 2 rings (SSSR count). The van der Waals surface area contributed by atoms with Gasteiger partial charge < -0.3 is 10.0 Å². The number of carbonyl (C=O) groups is 1. The fraction of sp³-hybridized carbons (Fsp3) is 0.455. The van der Waals surface area contributed by atoms with Crippen molar-refractivity contribution in [3.8, 4) is 0 Å². The predicted molar refractivity (Wildman–Crippen MR) is 59.1 cm³/mol. The number of aryl methyl sites for hydroxylation is 2. The first-order chi connectivity index (χ1) is 7.56. The number of carboxylic acids is 1. The third kappa shape index (κ3) is 2.08. The highest BCUT2D eigenvalue weighted by Crippen LogP contribution is 2.19. The Balaban J connectivity index is 2.07. The minimum Gasteiger partial charge on any atom is -0.480 e. The molecule has 1 aromatic heterocycles. The van der Waals surface area contributed by atoms with E-state index in [0.29, 0.717) is 6.54 Å². The van der Waals surface area contributed by atoms with Crippen molar-refractivity contribution < 1.29 is 9.90 Å². The van der Waals surface area contributed by atoms with E-state index in [1.54, 1.807) is 4.90 Å². The third-order valence-corrected chi connectivity index (χ3v) is 2.64. The van der Waals surface area contributed by atoms with Gasteiger partial charge in [-0.05, 0) is 32.2 Å². The zero-order chi connectivity index (χ0) is 11.7. The molecule has 1 aliphatic rings. The van der Waals surface area contributed by atoms with Crippen LogP contribution in [0.1, 0.15) is 17.4 Å². The van der Waals surface area contributed by atoms with Crippen LogP contribution < -0.4 is 0 Å². The number of aromatic nitrogens is 2. The molecule has 0 amide bonds. The van der Waals surface area contributed by atoms with Crippen molar-refractivity contribution >= 4 is 5.97 Å². The van der Waals surface area contributed by atoms with Crippen LogP contribution in [-0.2, 0) is 4.79 Å². The minimum atomic E-state index is -0.807. The van der Waals surface area contributed by atoms with Crippen LogP contribution in [-0.4, -0.2) is 38.8 Å². The molecule has 1 atom stereocenters. The van der Waals surface area contributed by atoms with Gasteiger partial charge in [-0.25, -0.2) is 0 Å². The smallest absolute Gasteiger partial charge is 0.323 e. The molecule has 86 valence electrons. The minimum absolute atomic E-state index is 0.0479. The van der Waals surface area contributed by atoms with Gasteiger partial charge in [0.1, 0.15) is 6.54 Å². The first-order valence-corrected chi connectivity index (χ1v) is 5.23. The maximum absolute atomic E-state index is 10.6. The van der Waals surface area contributed by atoms with Crippen LogP contribution in [0.3, 0.4) is 0 Å². The Labute approximate surface area is 94.0 Å². The van der Waals surface area contributed by atoms with Gasteiger partial charge in [-0.15, -0.1) is 0 Å². The van der Waals surface area contributed by atoms with Crippen LogP contribution in [0.5, 0.6) is 0 Å². The lowest BCUT2D eigenvalue weighted by atomic mass is 10.3. The standard InChI is InChI=1S/C11H15N3O2/c1-8-5-9(2)14(12-8)10-3-4-13(6-10)7-11(15)16/h3-5,10H,6-7H2,1-2H3,(H,15,16). The van der Waals surface area contributed by atoms with Gasteiger partial charge in [0.25, 0.3) is 0 Å². The number of carboxylic acid groups (broad SMARTS) is 1. The van der Waals surface area contributed by atoms with E-state index in [1.165, 1.54) is 0 Å². The maximum atomic E-state index is 10.6. The van der Waals surface area contributed by atoms with Crippen LogP contribution in [0.25, 0.3) is 0 Å². The van der Waals surface area contributed by atoms with Crippen molar-refractivity contribution in [1.29, 1.82) is 0 Å². The summed E-state index contributed by atoms with van der Waals surface area (Å²) in [4.78, 5) is 12.4. The molecule has 1 aliphatic heterocycles. The Morgan fingerprint density at radius 1 is 1.62 bits per heavy atom. The van der Waals surface area contributed by atoms with Gasteiger partial charge in [-0.2, -0.15) is 5.10 Å². The fourth-order valence-electron chi connectivity index (χ4n) is 2.01. The molecule has 0 saturated heterocycles. The summed E-state index contributed by atoms with van der Waals surface area (Å²) in [5.74, 6) is -0.807. The first kappa shape index (κ1) is 10.7. The van der Waals surface area contributed by atoms with Gasteiger partial charge in [-0.1, -0.05) is 0 Å². The highest BCUT2D eigenvalue weighted by molar-refractivity contribution is 5.69. The van der Waals surface area contributed by atoms with Gasteiger partial charge in [0.15, 0.2) is 0 Å². The second kappa shape index (κ2) is 4.00. The number of rotatable bonds is 3. The molecule has 0 spiro atoms. The Hall–Kier alpha value is -1.78. The van der Waals surface area contributed by atoms with Gasteiger partial charge in [0.2, 0.25) is 0 Å². The van der Waals surface area contributed by atoms with E-state index in [2.05, 4.69) is 5.10 Å². The van der Waals surface area contributed by atoms with E-state index >= 15 is 0 Å². The first-order valence-electron chi connectivity index (χ1n) is 5.23. The normalized spacial score (nSPS) is 19.4. The number of hydrogen-bond donors (Lipinski definition) is 1. The molecule has 2 heterocycles. The lowest BCUT2D eigenvalue weighted by Crippen LogP contribution is -2.26. The number of hydrogen-bond acceptors (Lipinski definition) is 3.